The highest BCUT2D eigenvalue weighted by Gasteiger charge is 2.16. The summed E-state index contributed by atoms with van der Waals surface area (Å²) in [4.78, 5) is 11.9. The summed E-state index contributed by atoms with van der Waals surface area (Å²) in [6.45, 7) is 6.17. The van der Waals surface area contributed by atoms with Crippen molar-refractivity contribution in [2.45, 2.75) is 64.3 Å². The maximum Gasteiger partial charge on any atom is 0.191 e. The van der Waals surface area contributed by atoms with Crippen LogP contribution in [0.15, 0.2) is 10.4 Å². The van der Waals surface area contributed by atoms with Crippen molar-refractivity contribution in [3.05, 3.63) is 11.1 Å². The Morgan fingerprint density at radius 2 is 2.00 bits per heavy atom. The molecule has 25 heavy (non-hydrogen) atoms. The molecule has 5 nitrogen and oxygen atoms in total. The summed E-state index contributed by atoms with van der Waals surface area (Å²) in [6, 6.07) is 0.595. The van der Waals surface area contributed by atoms with Crippen LogP contribution in [-0.4, -0.2) is 43.2 Å². The number of nitrogens with zero attached hydrogens (tertiary/aromatic N) is 3. The zero-order valence-corrected chi connectivity index (χ0v) is 18.4. The number of nitrogens with one attached hydrogen (secondary N) is 2. The maximum absolute atomic E-state index is 4.79. The molecule has 2 heterocycles. The third-order valence-electron chi connectivity index (χ3n) is 4.84. The molecule has 7 heteroatoms. The topological polar surface area (TPSA) is 52.6 Å². The Labute approximate surface area is 173 Å². The smallest absolute Gasteiger partial charge is 0.191 e. The number of hydrogen-bond donors (Lipinski definition) is 2. The van der Waals surface area contributed by atoms with Gasteiger partial charge >= 0.3 is 0 Å². The van der Waals surface area contributed by atoms with Crippen molar-refractivity contribution in [1.29, 1.82) is 0 Å². The van der Waals surface area contributed by atoms with Gasteiger partial charge in [0, 0.05) is 44.0 Å². The summed E-state index contributed by atoms with van der Waals surface area (Å²) in [5, 5.41) is 10.4. The maximum atomic E-state index is 4.79. The zero-order chi connectivity index (χ0) is 16.6. The Morgan fingerprint density at radius 3 is 2.72 bits per heavy atom. The van der Waals surface area contributed by atoms with Crippen molar-refractivity contribution in [2.75, 3.05) is 31.1 Å². The summed E-state index contributed by atoms with van der Waals surface area (Å²) >= 11 is 1.78. The van der Waals surface area contributed by atoms with Crippen LogP contribution < -0.4 is 15.5 Å². The first-order valence-electron chi connectivity index (χ1n) is 9.59. The van der Waals surface area contributed by atoms with Crippen molar-refractivity contribution in [3.8, 4) is 0 Å². The van der Waals surface area contributed by atoms with Gasteiger partial charge in [0.25, 0.3) is 0 Å². The van der Waals surface area contributed by atoms with E-state index in [4.69, 9.17) is 9.98 Å². The van der Waals surface area contributed by atoms with E-state index >= 15 is 0 Å². The fraction of sp³-hybridized carbons (Fsp3) is 0.778. The molecule has 2 aliphatic rings. The monoisotopic (exact) mass is 477 g/mol. The molecular formula is C18H32IN5S. The molecule has 2 fully saturated rings. The number of thiazole rings is 1. The largest absolute Gasteiger partial charge is 0.357 e. The van der Waals surface area contributed by atoms with Crippen molar-refractivity contribution in [2.24, 2.45) is 4.99 Å². The van der Waals surface area contributed by atoms with E-state index in [2.05, 4.69) is 27.8 Å². The van der Waals surface area contributed by atoms with Crippen LogP contribution in [0.2, 0.25) is 0 Å². The van der Waals surface area contributed by atoms with Gasteiger partial charge in [-0.3, -0.25) is 4.99 Å². The van der Waals surface area contributed by atoms with Crippen LogP contribution >= 0.6 is 35.3 Å². The molecule has 1 aromatic rings. The van der Waals surface area contributed by atoms with Crippen molar-refractivity contribution < 1.29 is 0 Å². The Balaban J connectivity index is 0.00000225. The number of hydrogen-bond acceptors (Lipinski definition) is 4. The second-order valence-electron chi connectivity index (χ2n) is 6.81. The Morgan fingerprint density at radius 1 is 1.24 bits per heavy atom. The molecule has 0 aromatic carbocycles. The number of aliphatic imine (C=N–C) groups is 1. The van der Waals surface area contributed by atoms with Gasteiger partial charge in [0.15, 0.2) is 11.1 Å². The molecule has 1 aromatic heterocycles. The van der Waals surface area contributed by atoms with E-state index in [1.165, 1.54) is 68.9 Å². The number of halogens is 1. The van der Waals surface area contributed by atoms with Gasteiger partial charge in [-0.25, -0.2) is 4.98 Å². The molecule has 0 unspecified atom stereocenters. The van der Waals surface area contributed by atoms with Crippen molar-refractivity contribution in [1.82, 2.24) is 15.6 Å². The quantitative estimate of drug-likeness (QED) is 0.372. The van der Waals surface area contributed by atoms with Crippen LogP contribution in [0.25, 0.3) is 0 Å². The normalized spacial score (nSPS) is 18.9. The van der Waals surface area contributed by atoms with E-state index in [1.807, 2.05) is 0 Å². The molecular weight excluding hydrogens is 445 g/mol. The molecule has 1 saturated carbocycles. The highest BCUT2D eigenvalue weighted by Crippen LogP contribution is 2.24. The van der Waals surface area contributed by atoms with E-state index < -0.39 is 0 Å². The lowest BCUT2D eigenvalue weighted by atomic mass is 9.96. The number of aromatic nitrogens is 1. The minimum atomic E-state index is 0. The van der Waals surface area contributed by atoms with E-state index in [-0.39, 0.29) is 24.0 Å². The highest BCUT2D eigenvalue weighted by molar-refractivity contribution is 14.0. The third kappa shape index (κ3) is 6.58. The van der Waals surface area contributed by atoms with Gasteiger partial charge in [0.2, 0.25) is 0 Å². The molecule has 142 valence electrons. The molecule has 0 amide bonds. The van der Waals surface area contributed by atoms with Crippen molar-refractivity contribution >= 4 is 46.4 Å². The summed E-state index contributed by atoms with van der Waals surface area (Å²) in [5.74, 6) is 0.972. The van der Waals surface area contributed by atoms with Crippen LogP contribution in [-0.2, 0) is 6.42 Å². The predicted molar refractivity (Wildman–Crippen MR) is 119 cm³/mol. The van der Waals surface area contributed by atoms with Gasteiger partial charge in [0.1, 0.15) is 0 Å². The molecule has 0 bridgehead atoms. The number of rotatable bonds is 6. The fourth-order valence-electron chi connectivity index (χ4n) is 3.51. The SMILES string of the molecule is CCNC(=NCCc1csc(N2CCCC2)n1)NC1CCCCC1.I. The molecule has 0 spiro atoms. The van der Waals surface area contributed by atoms with Crippen LogP contribution in [0.4, 0.5) is 5.13 Å². The first-order valence-corrected chi connectivity index (χ1v) is 10.5. The Kier molecular flexibility index (Phi) is 9.30. The lowest BCUT2D eigenvalue weighted by Gasteiger charge is -2.24. The molecule has 1 saturated heterocycles. The molecule has 2 N–H and O–H groups in total. The lowest BCUT2D eigenvalue weighted by Crippen LogP contribution is -2.44. The van der Waals surface area contributed by atoms with Gasteiger partial charge in [0.05, 0.1) is 5.69 Å². The molecule has 3 rings (SSSR count). The Bertz CT molecular complexity index is 521. The molecule has 1 aliphatic heterocycles. The van der Waals surface area contributed by atoms with E-state index in [0.29, 0.717) is 6.04 Å². The van der Waals surface area contributed by atoms with Crippen LogP contribution in [0.5, 0.6) is 0 Å². The van der Waals surface area contributed by atoms with Gasteiger partial charge in [-0.05, 0) is 32.6 Å². The minimum Gasteiger partial charge on any atom is -0.357 e. The van der Waals surface area contributed by atoms with Crippen LogP contribution in [0, 0.1) is 0 Å². The number of anilines is 1. The third-order valence-corrected chi connectivity index (χ3v) is 5.79. The van der Waals surface area contributed by atoms with Crippen molar-refractivity contribution in [3.63, 3.8) is 0 Å². The fourth-order valence-corrected chi connectivity index (χ4v) is 4.42. The second-order valence-corrected chi connectivity index (χ2v) is 7.64. The summed E-state index contributed by atoms with van der Waals surface area (Å²) < 4.78 is 0. The van der Waals surface area contributed by atoms with Gasteiger partial charge in [-0.1, -0.05) is 19.3 Å². The highest BCUT2D eigenvalue weighted by atomic mass is 127. The number of guanidine groups is 1. The Hall–Kier alpha value is -0.570. The van der Waals surface area contributed by atoms with E-state index in [9.17, 15) is 0 Å². The average molecular weight is 477 g/mol. The summed E-state index contributed by atoms with van der Waals surface area (Å²) in [6.07, 6.45) is 10.1. The summed E-state index contributed by atoms with van der Waals surface area (Å²) in [5.41, 5.74) is 1.18. The van der Waals surface area contributed by atoms with Crippen LogP contribution in [0.1, 0.15) is 57.6 Å². The predicted octanol–water partition coefficient (Wildman–Crippen LogP) is 3.79. The van der Waals surface area contributed by atoms with Gasteiger partial charge in [-0.15, -0.1) is 35.3 Å². The first-order chi connectivity index (χ1) is 11.8. The molecule has 0 atom stereocenters. The summed E-state index contributed by atoms with van der Waals surface area (Å²) in [7, 11) is 0. The molecule has 1 aliphatic carbocycles. The lowest BCUT2D eigenvalue weighted by molar-refractivity contribution is 0.410. The van der Waals surface area contributed by atoms with E-state index in [0.717, 1.165) is 25.5 Å². The minimum absolute atomic E-state index is 0. The standard InChI is InChI=1S/C18H31N5S.HI/c1-2-19-17(21-15-8-4-3-5-9-15)20-11-10-16-14-24-18(22-16)23-12-6-7-13-23;/h14-15H,2-13H2,1H3,(H2,19,20,21);1H. The van der Waals surface area contributed by atoms with Gasteiger partial charge in [-0.2, -0.15) is 0 Å². The zero-order valence-electron chi connectivity index (χ0n) is 15.3. The average Bonchev–Trinajstić information content (AvgIpc) is 3.27. The second kappa shape index (κ2) is 11.2. The first kappa shape index (κ1) is 20.7. The molecule has 0 radical (unpaired) electrons. The van der Waals surface area contributed by atoms with E-state index in [1.54, 1.807) is 11.3 Å². The van der Waals surface area contributed by atoms with Crippen LogP contribution in [0.3, 0.4) is 0 Å². The van der Waals surface area contributed by atoms with Gasteiger partial charge < -0.3 is 15.5 Å².